The number of amides is 2. The predicted molar refractivity (Wildman–Crippen MR) is 72.1 cm³/mol. The Labute approximate surface area is 110 Å². The van der Waals surface area contributed by atoms with Crippen LogP contribution in [0, 0.1) is 0 Å². The predicted octanol–water partition coefficient (Wildman–Crippen LogP) is 2.08. The lowest BCUT2D eigenvalue weighted by Gasteiger charge is -2.22. The zero-order valence-corrected chi connectivity index (χ0v) is 12.0. The van der Waals surface area contributed by atoms with E-state index in [1.165, 1.54) is 4.90 Å². The largest absolute Gasteiger partial charge is 0.303 e. The van der Waals surface area contributed by atoms with Gasteiger partial charge in [-0.05, 0) is 26.7 Å². The van der Waals surface area contributed by atoms with Crippen molar-refractivity contribution < 1.29 is 9.59 Å². The molecule has 4 nitrogen and oxygen atoms in total. The number of likely N-dealkylation sites (tertiary alicyclic amines) is 1. The third-order valence-electron chi connectivity index (χ3n) is 3.69. The van der Waals surface area contributed by atoms with Crippen LogP contribution in [0.3, 0.4) is 0 Å². The van der Waals surface area contributed by atoms with E-state index in [4.69, 9.17) is 0 Å². The summed E-state index contributed by atoms with van der Waals surface area (Å²) in [6.45, 7) is 8.16. The highest BCUT2D eigenvalue weighted by molar-refractivity contribution is 6.05. The van der Waals surface area contributed by atoms with Gasteiger partial charge in [-0.15, -0.1) is 0 Å². The van der Waals surface area contributed by atoms with Crippen LogP contribution in [0.4, 0.5) is 0 Å². The summed E-state index contributed by atoms with van der Waals surface area (Å²) in [4.78, 5) is 25.5. The van der Waals surface area contributed by atoms with Gasteiger partial charge in [0, 0.05) is 12.1 Å². The second-order valence-corrected chi connectivity index (χ2v) is 5.33. The molecule has 3 atom stereocenters. The van der Waals surface area contributed by atoms with Gasteiger partial charge in [0.1, 0.15) is 0 Å². The molecule has 4 heteroatoms. The molecule has 0 saturated carbocycles. The maximum absolute atomic E-state index is 12.2. The van der Waals surface area contributed by atoms with Crippen LogP contribution in [-0.2, 0) is 9.59 Å². The molecule has 3 unspecified atom stereocenters. The summed E-state index contributed by atoms with van der Waals surface area (Å²) in [6.07, 6.45) is 4.49. The monoisotopic (exact) mass is 254 g/mol. The van der Waals surface area contributed by atoms with Crippen LogP contribution in [-0.4, -0.2) is 34.8 Å². The normalized spacial score (nSPS) is 23.6. The molecule has 2 amide bonds. The van der Waals surface area contributed by atoms with Crippen LogP contribution in [0.1, 0.15) is 59.8 Å². The first-order valence-electron chi connectivity index (χ1n) is 7.13. The maximum atomic E-state index is 12.2. The summed E-state index contributed by atoms with van der Waals surface area (Å²) in [5.74, 6) is -0.0766. The van der Waals surface area contributed by atoms with Crippen molar-refractivity contribution in [1.82, 2.24) is 10.2 Å². The van der Waals surface area contributed by atoms with Crippen LogP contribution < -0.4 is 5.32 Å². The maximum Gasteiger partial charge on any atom is 0.247 e. The fraction of sp³-hybridized carbons (Fsp3) is 0.857. The molecule has 0 aromatic rings. The minimum atomic E-state index is -0.307. The number of nitrogens with one attached hydrogen (secondary N) is 1. The number of nitrogens with zero attached hydrogens (tertiary/aromatic N) is 1. The van der Waals surface area contributed by atoms with Gasteiger partial charge in [-0.1, -0.05) is 26.7 Å². The number of carbonyl (C=O) groups excluding carboxylic acids is 2. The molecule has 0 aromatic heterocycles. The van der Waals surface area contributed by atoms with E-state index in [1.807, 2.05) is 13.8 Å². The average Bonchev–Trinajstić information content (AvgIpc) is 2.61. The Kier molecular flexibility index (Phi) is 5.79. The molecule has 1 aliphatic rings. The third kappa shape index (κ3) is 3.55. The molecular weight excluding hydrogens is 228 g/mol. The van der Waals surface area contributed by atoms with E-state index < -0.39 is 0 Å². The van der Waals surface area contributed by atoms with Gasteiger partial charge in [0.15, 0.2) is 0 Å². The molecule has 18 heavy (non-hydrogen) atoms. The quantitative estimate of drug-likeness (QED) is 0.708. The van der Waals surface area contributed by atoms with Crippen LogP contribution in [0.5, 0.6) is 0 Å². The highest BCUT2D eigenvalue weighted by Crippen LogP contribution is 2.18. The molecule has 1 saturated heterocycles. The molecule has 0 bridgehead atoms. The van der Waals surface area contributed by atoms with E-state index in [-0.39, 0.29) is 23.9 Å². The number of rotatable bonds is 7. The second-order valence-electron chi connectivity index (χ2n) is 5.33. The third-order valence-corrected chi connectivity index (χ3v) is 3.69. The Morgan fingerprint density at radius 1 is 1.33 bits per heavy atom. The zero-order chi connectivity index (χ0) is 13.7. The van der Waals surface area contributed by atoms with Crippen LogP contribution >= 0.6 is 0 Å². The van der Waals surface area contributed by atoms with Gasteiger partial charge in [0.05, 0.1) is 12.5 Å². The van der Waals surface area contributed by atoms with E-state index in [2.05, 4.69) is 19.2 Å². The summed E-state index contributed by atoms with van der Waals surface area (Å²) in [5, 5.41) is 3.29. The summed E-state index contributed by atoms with van der Waals surface area (Å²) >= 11 is 0. The van der Waals surface area contributed by atoms with Crippen molar-refractivity contribution in [2.45, 2.75) is 77.9 Å². The number of hydrogen-bond donors (Lipinski definition) is 1. The van der Waals surface area contributed by atoms with Crippen molar-refractivity contribution in [3.8, 4) is 0 Å². The van der Waals surface area contributed by atoms with E-state index in [9.17, 15) is 9.59 Å². The fourth-order valence-corrected chi connectivity index (χ4v) is 2.36. The minimum Gasteiger partial charge on any atom is -0.303 e. The van der Waals surface area contributed by atoms with E-state index >= 15 is 0 Å². The van der Waals surface area contributed by atoms with Gasteiger partial charge in [0.25, 0.3) is 0 Å². The Bertz CT molecular complexity index is 304. The summed E-state index contributed by atoms with van der Waals surface area (Å²) in [6, 6.07) is 0.00434. The topological polar surface area (TPSA) is 49.4 Å². The number of carbonyl (C=O) groups is 2. The van der Waals surface area contributed by atoms with Crippen LogP contribution in [0.15, 0.2) is 0 Å². The highest BCUT2D eigenvalue weighted by Gasteiger charge is 2.40. The van der Waals surface area contributed by atoms with Crippen molar-refractivity contribution >= 4 is 11.8 Å². The Morgan fingerprint density at radius 3 is 2.56 bits per heavy atom. The second kappa shape index (κ2) is 6.88. The molecule has 104 valence electrons. The van der Waals surface area contributed by atoms with E-state index in [0.717, 1.165) is 25.7 Å². The number of hydrogen-bond acceptors (Lipinski definition) is 3. The number of imide groups is 1. The first-order valence-corrected chi connectivity index (χ1v) is 7.13. The SMILES string of the molecule is CCCCC(C)NC1CC(=O)N(C(C)CC)C1=O. The Balaban J connectivity index is 2.55. The van der Waals surface area contributed by atoms with Gasteiger partial charge in [-0.25, -0.2) is 0 Å². The molecule has 0 aliphatic carbocycles. The van der Waals surface area contributed by atoms with Gasteiger partial charge in [-0.3, -0.25) is 14.5 Å². The van der Waals surface area contributed by atoms with Crippen molar-refractivity contribution in [3.63, 3.8) is 0 Å². The lowest BCUT2D eigenvalue weighted by molar-refractivity contribution is -0.141. The van der Waals surface area contributed by atoms with Gasteiger partial charge in [-0.2, -0.15) is 0 Å². The first kappa shape index (κ1) is 15.2. The van der Waals surface area contributed by atoms with E-state index in [1.54, 1.807) is 0 Å². The Morgan fingerprint density at radius 2 is 2.00 bits per heavy atom. The fourth-order valence-electron chi connectivity index (χ4n) is 2.36. The molecule has 0 aromatic carbocycles. The van der Waals surface area contributed by atoms with Gasteiger partial charge in [0.2, 0.25) is 11.8 Å². The van der Waals surface area contributed by atoms with Crippen molar-refractivity contribution in [2.24, 2.45) is 0 Å². The summed E-state index contributed by atoms with van der Waals surface area (Å²) in [5.41, 5.74) is 0. The minimum absolute atomic E-state index is 0.0164. The van der Waals surface area contributed by atoms with Crippen LogP contribution in [0.25, 0.3) is 0 Å². The van der Waals surface area contributed by atoms with Gasteiger partial charge >= 0.3 is 0 Å². The lowest BCUT2D eigenvalue weighted by atomic mass is 10.1. The zero-order valence-electron chi connectivity index (χ0n) is 12.0. The van der Waals surface area contributed by atoms with Crippen LogP contribution in [0.2, 0.25) is 0 Å². The smallest absolute Gasteiger partial charge is 0.247 e. The van der Waals surface area contributed by atoms with E-state index in [0.29, 0.717) is 12.5 Å². The summed E-state index contributed by atoms with van der Waals surface area (Å²) < 4.78 is 0. The average molecular weight is 254 g/mol. The molecule has 1 heterocycles. The molecule has 1 N–H and O–H groups in total. The molecule has 0 spiro atoms. The first-order chi connectivity index (χ1) is 8.51. The molecular formula is C14H26N2O2. The van der Waals surface area contributed by atoms with Gasteiger partial charge < -0.3 is 5.32 Å². The number of unbranched alkanes of at least 4 members (excludes halogenated alkanes) is 1. The van der Waals surface area contributed by atoms with Crippen molar-refractivity contribution in [1.29, 1.82) is 0 Å². The Hall–Kier alpha value is -0.900. The molecule has 0 radical (unpaired) electrons. The highest BCUT2D eigenvalue weighted by atomic mass is 16.2. The van der Waals surface area contributed by atoms with Crippen molar-refractivity contribution in [2.75, 3.05) is 0 Å². The molecule has 1 aliphatic heterocycles. The molecule has 1 fully saturated rings. The standard InChI is InChI=1S/C14H26N2O2/c1-5-7-8-10(3)15-12-9-13(17)16(14(12)18)11(4)6-2/h10-12,15H,5-9H2,1-4H3. The lowest BCUT2D eigenvalue weighted by Crippen LogP contribution is -2.45. The molecule has 1 rings (SSSR count). The van der Waals surface area contributed by atoms with Crippen molar-refractivity contribution in [3.05, 3.63) is 0 Å². The summed E-state index contributed by atoms with van der Waals surface area (Å²) in [7, 11) is 0.